The number of para-hydroxylation sites is 3. The highest BCUT2D eigenvalue weighted by molar-refractivity contribution is 9.10. The van der Waals surface area contributed by atoms with Gasteiger partial charge in [0.2, 0.25) is 0 Å². The van der Waals surface area contributed by atoms with E-state index in [2.05, 4.69) is 395 Å². The number of hydrogen-bond acceptors (Lipinski definition) is 3. The van der Waals surface area contributed by atoms with Gasteiger partial charge in [0.1, 0.15) is 0 Å². The molecule has 0 aromatic heterocycles. The maximum atomic E-state index is 6.74. The van der Waals surface area contributed by atoms with Gasteiger partial charge in [0.25, 0.3) is 0 Å². The van der Waals surface area contributed by atoms with Gasteiger partial charge >= 0.3 is 0 Å². The van der Waals surface area contributed by atoms with Crippen molar-refractivity contribution in [3.63, 3.8) is 0 Å². The fourth-order valence-corrected chi connectivity index (χ4v) is 18.0. The van der Waals surface area contributed by atoms with Gasteiger partial charge in [-0.2, -0.15) is 0 Å². The van der Waals surface area contributed by atoms with Gasteiger partial charge in [-0.15, -0.1) is 0 Å². The third kappa shape index (κ3) is 9.84. The van der Waals surface area contributed by atoms with Crippen molar-refractivity contribution in [1.29, 1.82) is 0 Å². The van der Waals surface area contributed by atoms with Crippen molar-refractivity contribution in [3.05, 3.63) is 442 Å². The Morgan fingerprint density at radius 2 is 0.631 bits per heavy atom. The average molecular weight is 1400 g/mol. The molecule has 0 fully saturated rings. The molecule has 0 radical (unpaired) electrons. The van der Waals surface area contributed by atoms with E-state index in [4.69, 9.17) is 11.6 Å². The summed E-state index contributed by atoms with van der Waals surface area (Å²) < 4.78 is 1.10. The molecule has 21 rings (SSSR count). The van der Waals surface area contributed by atoms with E-state index in [1.165, 1.54) is 116 Å². The van der Waals surface area contributed by atoms with E-state index >= 15 is 0 Å². The zero-order valence-electron chi connectivity index (χ0n) is 56.1. The van der Waals surface area contributed by atoms with Crippen LogP contribution >= 0.6 is 27.5 Å². The predicted octanol–water partition coefficient (Wildman–Crippen LogP) is 27.3. The fourth-order valence-electron chi connectivity index (χ4n) is 17.4. The van der Waals surface area contributed by atoms with Crippen molar-refractivity contribution in [1.82, 2.24) is 0 Å². The van der Waals surface area contributed by atoms with Crippen molar-refractivity contribution in [2.45, 2.75) is 10.8 Å². The molecule has 486 valence electrons. The molecule has 103 heavy (non-hydrogen) atoms. The van der Waals surface area contributed by atoms with Gasteiger partial charge in [0.05, 0.1) is 27.9 Å². The predicted molar refractivity (Wildman–Crippen MR) is 436 cm³/mol. The Labute approximate surface area is 613 Å². The first kappa shape index (κ1) is 61.8. The minimum atomic E-state index is -0.550. The number of hydrogen-bond donors (Lipinski definition) is 1. The maximum absolute atomic E-state index is 6.74. The van der Waals surface area contributed by atoms with E-state index in [1.54, 1.807) is 0 Å². The first-order chi connectivity index (χ1) is 51.0. The van der Waals surface area contributed by atoms with Gasteiger partial charge in [-0.3, -0.25) is 0 Å². The number of fused-ring (bicyclic) bond motifs is 23. The lowest BCUT2D eigenvalue weighted by atomic mass is 9.70. The molecule has 0 heterocycles. The number of nitrogens with zero attached hydrogens (tertiary/aromatic N) is 2. The van der Waals surface area contributed by atoms with E-state index in [0.29, 0.717) is 0 Å². The highest BCUT2D eigenvalue weighted by atomic mass is 79.9. The van der Waals surface area contributed by atoms with Crippen LogP contribution in [0.2, 0.25) is 5.02 Å². The molecule has 0 saturated heterocycles. The Balaban J connectivity index is 0.000000135. The zero-order valence-corrected chi connectivity index (χ0v) is 58.4. The summed E-state index contributed by atoms with van der Waals surface area (Å²) in [6.07, 6.45) is 0. The third-order valence-corrected chi connectivity index (χ3v) is 22.3. The van der Waals surface area contributed by atoms with Crippen LogP contribution in [0, 0.1) is 0 Å². The molecule has 0 aliphatic heterocycles. The molecule has 1 N–H and O–H groups in total. The van der Waals surface area contributed by atoms with Gasteiger partial charge in [-0.1, -0.05) is 325 Å². The lowest BCUT2D eigenvalue weighted by Gasteiger charge is -2.33. The average Bonchev–Trinajstić information content (AvgIpc) is 1.51. The highest BCUT2D eigenvalue weighted by Crippen LogP contribution is 2.67. The van der Waals surface area contributed by atoms with Crippen LogP contribution in [0.15, 0.2) is 393 Å². The lowest BCUT2D eigenvalue weighted by Crippen LogP contribution is -2.26. The largest absolute Gasteiger partial charge is 0.355 e. The molecule has 17 aromatic carbocycles. The summed E-state index contributed by atoms with van der Waals surface area (Å²) in [6.45, 7) is 0. The van der Waals surface area contributed by atoms with Crippen molar-refractivity contribution >= 4 is 105 Å². The molecule has 0 saturated carbocycles. The monoisotopic (exact) mass is 1400 g/mol. The van der Waals surface area contributed by atoms with Crippen LogP contribution in [0.25, 0.3) is 76.8 Å². The van der Waals surface area contributed by atoms with Crippen LogP contribution < -0.4 is 15.1 Å². The van der Waals surface area contributed by atoms with Gasteiger partial charge < -0.3 is 15.1 Å². The summed E-state index contributed by atoms with van der Waals surface area (Å²) in [5.74, 6) is 0. The third-order valence-electron chi connectivity index (χ3n) is 21.5. The molecule has 0 bridgehead atoms. The molecular weight excluding hydrogens is 1330 g/mol. The van der Waals surface area contributed by atoms with Crippen LogP contribution in [-0.2, 0) is 10.8 Å². The summed E-state index contributed by atoms with van der Waals surface area (Å²) in [7, 11) is 0. The number of halogens is 2. The summed E-state index contributed by atoms with van der Waals surface area (Å²) in [4.78, 5) is 4.92. The minimum Gasteiger partial charge on any atom is -0.355 e. The molecule has 2 atom stereocenters. The second-order valence-corrected chi connectivity index (χ2v) is 28.1. The topological polar surface area (TPSA) is 18.5 Å². The summed E-state index contributed by atoms with van der Waals surface area (Å²) in [6, 6.07) is 140. The number of nitrogens with one attached hydrogen (secondary N) is 1. The summed E-state index contributed by atoms with van der Waals surface area (Å²) in [5.41, 5.74) is 28.9. The first-order valence-corrected chi connectivity index (χ1v) is 36.4. The molecule has 4 aliphatic carbocycles. The van der Waals surface area contributed by atoms with Gasteiger partial charge in [-0.05, 0) is 185 Å². The van der Waals surface area contributed by atoms with E-state index in [0.717, 1.165) is 60.6 Å². The maximum Gasteiger partial charge on any atom is 0.0727 e. The molecule has 2 unspecified atom stereocenters. The molecule has 17 aromatic rings. The first-order valence-electron chi connectivity index (χ1n) is 35.2. The van der Waals surface area contributed by atoms with Crippen LogP contribution in [0.4, 0.5) is 45.5 Å². The van der Waals surface area contributed by atoms with Gasteiger partial charge in [-0.25, -0.2) is 0 Å². The summed E-state index contributed by atoms with van der Waals surface area (Å²) >= 11 is 10.4. The molecule has 0 amide bonds. The molecular formula is C98H65BrClN3. The summed E-state index contributed by atoms with van der Waals surface area (Å²) in [5, 5.41) is 11.6. The van der Waals surface area contributed by atoms with Crippen LogP contribution in [0.3, 0.4) is 0 Å². The van der Waals surface area contributed by atoms with Crippen molar-refractivity contribution in [2.24, 2.45) is 0 Å². The van der Waals surface area contributed by atoms with Crippen LogP contribution in [0.5, 0.6) is 0 Å². The lowest BCUT2D eigenvalue weighted by molar-refractivity contribution is 0.793. The van der Waals surface area contributed by atoms with E-state index in [1.807, 2.05) is 24.3 Å². The zero-order chi connectivity index (χ0) is 68.6. The fraction of sp³-hybridized carbons (Fsp3) is 0.0204. The van der Waals surface area contributed by atoms with Gasteiger partial charge in [0, 0.05) is 65.2 Å². The van der Waals surface area contributed by atoms with E-state index in [-0.39, 0.29) is 5.41 Å². The van der Waals surface area contributed by atoms with E-state index in [9.17, 15) is 0 Å². The number of anilines is 8. The van der Waals surface area contributed by atoms with Crippen molar-refractivity contribution in [2.75, 3.05) is 15.1 Å². The number of rotatable bonds is 8. The smallest absolute Gasteiger partial charge is 0.0727 e. The Hall–Kier alpha value is -12.3. The molecule has 4 aliphatic rings. The Kier molecular flexibility index (Phi) is 15.2. The van der Waals surface area contributed by atoms with Crippen molar-refractivity contribution < 1.29 is 0 Å². The van der Waals surface area contributed by atoms with Crippen LogP contribution in [-0.4, -0.2) is 0 Å². The number of benzene rings is 17. The molecule has 2 spiro atoms. The van der Waals surface area contributed by atoms with Crippen LogP contribution in [0.1, 0.15) is 44.5 Å². The second-order valence-electron chi connectivity index (χ2n) is 26.8. The standard InChI is InChI=1S/C57H38N2.C25H14BrCl.C16H13N/c1-3-22-41(23-4-1)58(53-33-15-20-39-18-7-9-26-44(39)53)43-36-37-47-46-28-11-13-30-49(46)57(52(47)38-43)50-31-14-12-29-48(50)56-51(57)32-17-35-55(56)59(42-24-5-2-6-25-42)54-34-16-21-40-19-8-10-27-45(40)54;26-15-12-13-17-16-6-1-3-8-19(16)25(22(17)14-15)20-9-4-2-7-18(20)24-21(25)10-5-11-23(24)27;1-2-9-14(10-3-1)17-16-12-6-8-13-7-4-5-11-15(13)16/h1-38H;1-14H;1-12,17H. The molecule has 5 heteroatoms. The Bertz CT molecular complexity index is 6150. The normalized spacial score (nSPS) is 14.8. The Morgan fingerprint density at radius 1 is 0.252 bits per heavy atom. The SMILES string of the molecule is Clc1cccc2c1-c1ccccc1C21c2ccccc2-c2ccc(Br)cc21.c1ccc(N(c2ccc3c(c2)C2(c4ccccc4-3)c3ccccc3-c3c(N(c4ccccc4)c4cccc5ccccc45)cccc32)c2cccc3ccccc23)cc1.c1ccc(Nc2cccc3ccccc23)cc1. The second kappa shape index (κ2) is 25.4. The molecule has 3 nitrogen and oxygen atoms in total. The minimum absolute atomic E-state index is 0.313. The highest BCUT2D eigenvalue weighted by Gasteiger charge is 2.54. The van der Waals surface area contributed by atoms with Crippen molar-refractivity contribution in [3.8, 4) is 44.5 Å². The quantitative estimate of drug-likeness (QED) is 0.164. The van der Waals surface area contributed by atoms with Gasteiger partial charge in [0.15, 0.2) is 0 Å². The Morgan fingerprint density at radius 3 is 1.22 bits per heavy atom. The van der Waals surface area contributed by atoms with E-state index < -0.39 is 5.41 Å².